The first-order valence-corrected chi connectivity index (χ1v) is 5.81. The molecule has 1 aliphatic carbocycles. The van der Waals surface area contributed by atoms with Gasteiger partial charge in [0.2, 0.25) is 0 Å². The summed E-state index contributed by atoms with van der Waals surface area (Å²) < 4.78 is 0. The minimum absolute atomic E-state index is 0.00418. The van der Waals surface area contributed by atoms with E-state index in [0.717, 1.165) is 12.1 Å². The van der Waals surface area contributed by atoms with Crippen LogP contribution in [0.5, 0.6) is 0 Å². The molecule has 0 spiro atoms. The van der Waals surface area contributed by atoms with Gasteiger partial charge in [-0.25, -0.2) is 0 Å². The molecule has 1 saturated carbocycles. The van der Waals surface area contributed by atoms with Crippen LogP contribution in [0.25, 0.3) is 0 Å². The molecule has 0 amide bonds. The first-order valence-electron chi connectivity index (χ1n) is 5.81. The zero-order chi connectivity index (χ0) is 12.4. The highest BCUT2D eigenvalue weighted by atomic mass is 16.6. The van der Waals surface area contributed by atoms with E-state index in [0.29, 0.717) is 6.04 Å². The van der Waals surface area contributed by atoms with Crippen molar-refractivity contribution in [1.82, 2.24) is 4.90 Å². The highest BCUT2D eigenvalue weighted by Gasteiger charge is 2.22. The van der Waals surface area contributed by atoms with Crippen molar-refractivity contribution in [2.75, 3.05) is 12.8 Å². The fourth-order valence-electron chi connectivity index (χ4n) is 2.09. The van der Waals surface area contributed by atoms with Crippen LogP contribution in [0.4, 0.5) is 11.4 Å². The predicted octanol–water partition coefficient (Wildman–Crippen LogP) is 2.16. The van der Waals surface area contributed by atoms with Crippen molar-refractivity contribution >= 4 is 11.4 Å². The Hall–Kier alpha value is -1.62. The van der Waals surface area contributed by atoms with Crippen molar-refractivity contribution in [3.05, 3.63) is 33.9 Å². The van der Waals surface area contributed by atoms with Gasteiger partial charge in [0.15, 0.2) is 0 Å². The van der Waals surface area contributed by atoms with Gasteiger partial charge >= 0.3 is 0 Å². The SMILES string of the molecule is CN(Cc1ccc(N)c([N+](=O)[O-])c1)C1CCC1. The number of hydrogen-bond acceptors (Lipinski definition) is 4. The van der Waals surface area contributed by atoms with Crippen LogP contribution in [-0.4, -0.2) is 22.9 Å². The molecule has 92 valence electrons. The number of nitro groups is 1. The molecule has 0 heterocycles. The van der Waals surface area contributed by atoms with E-state index >= 15 is 0 Å². The fraction of sp³-hybridized carbons (Fsp3) is 0.500. The second-order valence-corrected chi connectivity index (χ2v) is 4.65. The summed E-state index contributed by atoms with van der Waals surface area (Å²) in [5.41, 5.74) is 6.74. The first kappa shape index (κ1) is 11.9. The molecule has 1 aromatic carbocycles. The number of benzene rings is 1. The van der Waals surface area contributed by atoms with Crippen molar-refractivity contribution < 1.29 is 4.92 Å². The van der Waals surface area contributed by atoms with Crippen LogP contribution in [0.2, 0.25) is 0 Å². The van der Waals surface area contributed by atoms with Crippen molar-refractivity contribution in [2.45, 2.75) is 31.8 Å². The molecule has 1 fully saturated rings. The standard InChI is InChI=1S/C12H17N3O2/c1-14(10-3-2-4-10)8-9-5-6-11(13)12(7-9)15(16)17/h5-7,10H,2-4,8,13H2,1H3. The van der Waals surface area contributed by atoms with Gasteiger partial charge in [-0.1, -0.05) is 12.5 Å². The van der Waals surface area contributed by atoms with E-state index in [4.69, 9.17) is 5.73 Å². The molecular weight excluding hydrogens is 218 g/mol. The van der Waals surface area contributed by atoms with Gasteiger partial charge < -0.3 is 5.73 Å². The van der Waals surface area contributed by atoms with Crippen LogP contribution >= 0.6 is 0 Å². The molecule has 5 heteroatoms. The molecule has 17 heavy (non-hydrogen) atoms. The summed E-state index contributed by atoms with van der Waals surface area (Å²) >= 11 is 0. The molecule has 2 rings (SSSR count). The van der Waals surface area contributed by atoms with Gasteiger partial charge in [0.05, 0.1) is 4.92 Å². The summed E-state index contributed by atoms with van der Waals surface area (Å²) in [6, 6.07) is 5.68. The summed E-state index contributed by atoms with van der Waals surface area (Å²) in [7, 11) is 2.06. The molecule has 2 N–H and O–H groups in total. The Bertz CT molecular complexity index is 430. The third kappa shape index (κ3) is 2.55. The van der Waals surface area contributed by atoms with Crippen LogP contribution in [-0.2, 0) is 6.54 Å². The second kappa shape index (κ2) is 4.71. The largest absolute Gasteiger partial charge is 0.393 e. The highest BCUT2D eigenvalue weighted by Crippen LogP contribution is 2.27. The lowest BCUT2D eigenvalue weighted by molar-refractivity contribution is -0.384. The van der Waals surface area contributed by atoms with Gasteiger partial charge in [0.25, 0.3) is 5.69 Å². The van der Waals surface area contributed by atoms with Gasteiger partial charge in [0, 0.05) is 18.7 Å². The number of anilines is 1. The van der Waals surface area contributed by atoms with E-state index in [1.54, 1.807) is 12.1 Å². The number of nitrogens with zero attached hydrogens (tertiary/aromatic N) is 2. The molecule has 0 radical (unpaired) electrons. The van der Waals surface area contributed by atoms with E-state index in [-0.39, 0.29) is 11.4 Å². The summed E-state index contributed by atoms with van der Waals surface area (Å²) in [5.74, 6) is 0. The molecule has 1 aliphatic rings. The maximum Gasteiger partial charge on any atom is 0.292 e. The quantitative estimate of drug-likeness (QED) is 0.493. The zero-order valence-electron chi connectivity index (χ0n) is 9.93. The monoisotopic (exact) mass is 235 g/mol. The Morgan fingerprint density at radius 1 is 1.53 bits per heavy atom. The third-order valence-corrected chi connectivity index (χ3v) is 3.42. The number of nitrogen functional groups attached to an aromatic ring is 1. The number of nitro benzene ring substituents is 1. The van der Waals surface area contributed by atoms with Crippen molar-refractivity contribution in [1.29, 1.82) is 0 Å². The molecule has 0 unspecified atom stereocenters. The van der Waals surface area contributed by atoms with Gasteiger partial charge in [-0.3, -0.25) is 15.0 Å². The maximum absolute atomic E-state index is 10.8. The molecule has 0 aliphatic heterocycles. The summed E-state index contributed by atoms with van der Waals surface area (Å²) in [6.07, 6.45) is 3.75. The lowest BCUT2D eigenvalue weighted by Crippen LogP contribution is -2.36. The van der Waals surface area contributed by atoms with Gasteiger partial charge in [-0.05, 0) is 31.5 Å². The third-order valence-electron chi connectivity index (χ3n) is 3.42. The first-order chi connectivity index (χ1) is 8.08. The number of hydrogen-bond donors (Lipinski definition) is 1. The average molecular weight is 235 g/mol. The molecule has 1 aromatic rings. The minimum Gasteiger partial charge on any atom is -0.393 e. The number of rotatable bonds is 4. The van der Waals surface area contributed by atoms with E-state index < -0.39 is 4.92 Å². The van der Waals surface area contributed by atoms with E-state index in [1.807, 2.05) is 6.07 Å². The van der Waals surface area contributed by atoms with Gasteiger partial charge in [0.1, 0.15) is 5.69 Å². The Balaban J connectivity index is 2.10. The highest BCUT2D eigenvalue weighted by molar-refractivity contribution is 5.59. The summed E-state index contributed by atoms with van der Waals surface area (Å²) in [5, 5.41) is 10.8. The van der Waals surface area contributed by atoms with Gasteiger partial charge in [-0.15, -0.1) is 0 Å². The second-order valence-electron chi connectivity index (χ2n) is 4.65. The average Bonchev–Trinajstić information content (AvgIpc) is 2.17. The molecular formula is C12H17N3O2. The topological polar surface area (TPSA) is 72.4 Å². The smallest absolute Gasteiger partial charge is 0.292 e. The Morgan fingerprint density at radius 3 is 2.76 bits per heavy atom. The van der Waals surface area contributed by atoms with Gasteiger partial charge in [-0.2, -0.15) is 0 Å². The molecule has 0 atom stereocenters. The van der Waals surface area contributed by atoms with Crippen molar-refractivity contribution in [3.63, 3.8) is 0 Å². The van der Waals surface area contributed by atoms with E-state index in [9.17, 15) is 10.1 Å². The van der Waals surface area contributed by atoms with Crippen LogP contribution < -0.4 is 5.73 Å². The predicted molar refractivity (Wildman–Crippen MR) is 66.6 cm³/mol. The normalized spacial score (nSPS) is 15.9. The lowest BCUT2D eigenvalue weighted by Gasteiger charge is -2.34. The van der Waals surface area contributed by atoms with Crippen LogP contribution in [0.3, 0.4) is 0 Å². The van der Waals surface area contributed by atoms with E-state index in [2.05, 4.69) is 11.9 Å². The molecule has 0 bridgehead atoms. The number of nitrogens with two attached hydrogens (primary N) is 1. The summed E-state index contributed by atoms with van der Waals surface area (Å²) in [4.78, 5) is 12.6. The van der Waals surface area contributed by atoms with Crippen LogP contribution in [0, 0.1) is 10.1 Å². The van der Waals surface area contributed by atoms with E-state index in [1.165, 1.54) is 19.3 Å². The minimum atomic E-state index is -0.428. The Labute approximate surface area is 100 Å². The lowest BCUT2D eigenvalue weighted by atomic mass is 9.91. The molecule has 5 nitrogen and oxygen atoms in total. The Kier molecular flexibility index (Phi) is 3.28. The molecule has 0 aromatic heterocycles. The summed E-state index contributed by atoms with van der Waals surface area (Å²) in [6.45, 7) is 0.742. The zero-order valence-corrected chi connectivity index (χ0v) is 9.93. The van der Waals surface area contributed by atoms with Crippen molar-refractivity contribution in [3.8, 4) is 0 Å². The molecule has 0 saturated heterocycles. The van der Waals surface area contributed by atoms with Crippen LogP contribution in [0.15, 0.2) is 18.2 Å². The van der Waals surface area contributed by atoms with Crippen molar-refractivity contribution in [2.24, 2.45) is 0 Å². The Morgan fingerprint density at radius 2 is 2.24 bits per heavy atom. The fourth-order valence-corrected chi connectivity index (χ4v) is 2.09. The van der Waals surface area contributed by atoms with Crippen LogP contribution in [0.1, 0.15) is 24.8 Å². The maximum atomic E-state index is 10.8.